The highest BCUT2D eigenvalue weighted by atomic mass is 28.3. The number of carbonyl (C=O) groups excluding carboxylic acids is 2. The molecule has 0 aliphatic rings. The third-order valence-corrected chi connectivity index (χ3v) is 5.60. The molecular formula is C17H34O2Si. The van der Waals surface area contributed by atoms with Gasteiger partial charge in [-0.25, -0.2) is 0 Å². The van der Waals surface area contributed by atoms with E-state index >= 15 is 0 Å². The van der Waals surface area contributed by atoms with E-state index in [1.165, 1.54) is 6.04 Å². The Morgan fingerprint density at radius 2 is 1.30 bits per heavy atom. The number of carbonyl (C=O) groups is 2. The molecule has 0 saturated carbocycles. The highest BCUT2D eigenvalue weighted by Gasteiger charge is 2.25. The number of ketones is 2. The van der Waals surface area contributed by atoms with Gasteiger partial charge in [-0.1, -0.05) is 58.8 Å². The first kappa shape index (κ1) is 19.6. The minimum Gasteiger partial charge on any atom is -0.299 e. The van der Waals surface area contributed by atoms with E-state index in [2.05, 4.69) is 33.5 Å². The molecule has 0 amide bonds. The summed E-state index contributed by atoms with van der Waals surface area (Å²) in [5.74, 6) is 0.0940. The second-order valence-electron chi connectivity index (χ2n) is 7.15. The van der Waals surface area contributed by atoms with Gasteiger partial charge in [-0.15, -0.1) is 0 Å². The van der Waals surface area contributed by atoms with Gasteiger partial charge >= 0.3 is 0 Å². The molecule has 0 saturated heterocycles. The van der Waals surface area contributed by atoms with Crippen molar-refractivity contribution >= 4 is 19.6 Å². The first-order chi connectivity index (χ1) is 9.31. The molecule has 0 aliphatic carbocycles. The predicted molar refractivity (Wildman–Crippen MR) is 89.9 cm³/mol. The van der Waals surface area contributed by atoms with Gasteiger partial charge in [0.15, 0.2) is 0 Å². The first-order valence-corrected chi connectivity index (χ1v) is 12.1. The van der Waals surface area contributed by atoms with E-state index < -0.39 is 8.07 Å². The van der Waals surface area contributed by atoms with Crippen LogP contribution in [0.25, 0.3) is 0 Å². The van der Waals surface area contributed by atoms with Crippen molar-refractivity contribution in [2.75, 3.05) is 0 Å². The Balaban J connectivity index is 4.45. The second kappa shape index (κ2) is 10.3. The molecule has 0 aliphatic heterocycles. The van der Waals surface area contributed by atoms with Crippen molar-refractivity contribution in [2.45, 2.75) is 90.9 Å². The molecule has 0 aromatic carbocycles. The summed E-state index contributed by atoms with van der Waals surface area (Å²) in [6.07, 6.45) is 6.89. The summed E-state index contributed by atoms with van der Waals surface area (Å²) in [5.41, 5.74) is 0. The molecule has 3 heteroatoms. The lowest BCUT2D eigenvalue weighted by Gasteiger charge is -2.19. The summed E-state index contributed by atoms with van der Waals surface area (Å²) in [4.78, 5) is 24.5. The van der Waals surface area contributed by atoms with Crippen LogP contribution in [-0.2, 0) is 9.59 Å². The Morgan fingerprint density at radius 3 is 1.65 bits per heavy atom. The van der Waals surface area contributed by atoms with Crippen molar-refractivity contribution in [3.05, 3.63) is 0 Å². The van der Waals surface area contributed by atoms with Gasteiger partial charge in [-0.05, 0) is 19.3 Å². The Hall–Kier alpha value is -0.443. The first-order valence-electron chi connectivity index (χ1n) is 8.37. The van der Waals surface area contributed by atoms with Crippen LogP contribution in [0.5, 0.6) is 0 Å². The van der Waals surface area contributed by atoms with Crippen molar-refractivity contribution in [2.24, 2.45) is 5.92 Å². The smallest absolute Gasteiger partial charge is 0.143 e. The SMILES string of the molecule is CCCCC(=O)C(CCC[Si](C)(C)C)C(=O)CCCC. The second-order valence-corrected chi connectivity index (χ2v) is 12.8. The van der Waals surface area contributed by atoms with Crippen LogP contribution in [-0.4, -0.2) is 19.6 Å². The molecule has 0 atom stereocenters. The van der Waals surface area contributed by atoms with E-state index in [1.54, 1.807) is 0 Å². The van der Waals surface area contributed by atoms with Crippen molar-refractivity contribution in [3.63, 3.8) is 0 Å². The summed E-state index contributed by atoms with van der Waals surface area (Å²) < 4.78 is 0. The Bertz CT molecular complexity index is 272. The van der Waals surface area contributed by atoms with Crippen molar-refractivity contribution in [1.82, 2.24) is 0 Å². The Kier molecular flexibility index (Phi) is 10.1. The van der Waals surface area contributed by atoms with Gasteiger partial charge in [0.05, 0.1) is 5.92 Å². The van der Waals surface area contributed by atoms with Crippen LogP contribution >= 0.6 is 0 Å². The van der Waals surface area contributed by atoms with Gasteiger partial charge in [-0.2, -0.15) is 0 Å². The van der Waals surface area contributed by atoms with E-state index in [-0.39, 0.29) is 17.5 Å². The van der Waals surface area contributed by atoms with Crippen molar-refractivity contribution < 1.29 is 9.59 Å². The van der Waals surface area contributed by atoms with Gasteiger partial charge in [0.25, 0.3) is 0 Å². The van der Waals surface area contributed by atoms with E-state index in [1.807, 2.05) is 0 Å². The molecule has 2 nitrogen and oxygen atoms in total. The number of hydrogen-bond acceptors (Lipinski definition) is 2. The fourth-order valence-corrected chi connectivity index (χ4v) is 3.65. The lowest BCUT2D eigenvalue weighted by atomic mass is 9.89. The van der Waals surface area contributed by atoms with Crippen molar-refractivity contribution in [1.29, 1.82) is 0 Å². The number of unbranched alkanes of at least 4 members (excludes halogenated alkanes) is 2. The number of hydrogen-bond donors (Lipinski definition) is 0. The van der Waals surface area contributed by atoms with Gasteiger partial charge in [-0.3, -0.25) is 9.59 Å². The quantitative estimate of drug-likeness (QED) is 0.365. The molecule has 0 N–H and O–H groups in total. The fourth-order valence-electron chi connectivity index (χ4n) is 2.39. The van der Waals surface area contributed by atoms with E-state index in [9.17, 15) is 9.59 Å². The van der Waals surface area contributed by atoms with Crippen molar-refractivity contribution in [3.8, 4) is 0 Å². The molecule has 0 spiro atoms. The zero-order chi connectivity index (χ0) is 15.6. The number of rotatable bonds is 12. The molecule has 0 bridgehead atoms. The molecule has 0 aromatic heterocycles. The predicted octanol–water partition coefficient (Wildman–Crippen LogP) is 5.24. The van der Waals surface area contributed by atoms with Gasteiger partial charge in [0, 0.05) is 20.9 Å². The van der Waals surface area contributed by atoms with E-state index in [0.29, 0.717) is 12.8 Å². The van der Waals surface area contributed by atoms with Gasteiger partial charge in [0.1, 0.15) is 11.6 Å². The molecule has 0 aromatic rings. The zero-order valence-electron chi connectivity index (χ0n) is 14.3. The molecule has 20 heavy (non-hydrogen) atoms. The molecule has 0 heterocycles. The summed E-state index contributed by atoms with van der Waals surface area (Å²) in [6.45, 7) is 11.2. The maximum atomic E-state index is 12.3. The van der Waals surface area contributed by atoms with Crippen LogP contribution in [0, 0.1) is 5.92 Å². The normalized spacial score (nSPS) is 11.9. The third kappa shape index (κ3) is 9.46. The molecule has 0 radical (unpaired) electrons. The maximum absolute atomic E-state index is 12.3. The van der Waals surface area contributed by atoms with E-state index in [4.69, 9.17) is 0 Å². The number of Topliss-reactive ketones (excluding diaryl/α,β-unsaturated/α-hetero) is 2. The molecule has 0 unspecified atom stereocenters. The average molecular weight is 299 g/mol. The lowest BCUT2D eigenvalue weighted by molar-refractivity contribution is -0.133. The van der Waals surface area contributed by atoms with Crippen LogP contribution in [0.2, 0.25) is 25.7 Å². The standard InChI is InChI=1S/C17H34O2Si/c1-6-8-12-16(18)15(17(19)13-9-7-2)11-10-14-20(3,4)5/h15H,6-14H2,1-5H3. The summed E-state index contributed by atoms with van der Waals surface area (Å²) in [5, 5.41) is 0. The average Bonchev–Trinajstić information content (AvgIpc) is 2.37. The Labute approximate surface area is 126 Å². The largest absolute Gasteiger partial charge is 0.299 e. The van der Waals surface area contributed by atoms with Gasteiger partial charge < -0.3 is 0 Å². The fraction of sp³-hybridized carbons (Fsp3) is 0.882. The molecule has 0 fully saturated rings. The maximum Gasteiger partial charge on any atom is 0.143 e. The van der Waals surface area contributed by atoms with Crippen LogP contribution in [0.3, 0.4) is 0 Å². The van der Waals surface area contributed by atoms with Crippen LogP contribution in [0.15, 0.2) is 0 Å². The van der Waals surface area contributed by atoms with E-state index in [0.717, 1.165) is 38.5 Å². The third-order valence-electron chi connectivity index (χ3n) is 3.75. The minimum absolute atomic E-state index is 0.198. The monoisotopic (exact) mass is 298 g/mol. The topological polar surface area (TPSA) is 34.1 Å². The molecule has 0 rings (SSSR count). The lowest BCUT2D eigenvalue weighted by Crippen LogP contribution is -2.26. The minimum atomic E-state index is -1.07. The summed E-state index contributed by atoms with van der Waals surface area (Å²) >= 11 is 0. The zero-order valence-corrected chi connectivity index (χ0v) is 15.3. The van der Waals surface area contributed by atoms with Crippen LogP contribution in [0.1, 0.15) is 65.2 Å². The highest BCUT2D eigenvalue weighted by molar-refractivity contribution is 6.76. The summed E-state index contributed by atoms with van der Waals surface area (Å²) in [7, 11) is -1.07. The highest BCUT2D eigenvalue weighted by Crippen LogP contribution is 2.21. The van der Waals surface area contributed by atoms with Crippen LogP contribution < -0.4 is 0 Å². The summed E-state index contributed by atoms with van der Waals surface area (Å²) in [6, 6.07) is 1.21. The molecule has 118 valence electrons. The van der Waals surface area contributed by atoms with Crippen LogP contribution in [0.4, 0.5) is 0 Å². The molecular weight excluding hydrogens is 264 g/mol. The van der Waals surface area contributed by atoms with Gasteiger partial charge in [0.2, 0.25) is 0 Å². The Morgan fingerprint density at radius 1 is 0.850 bits per heavy atom.